The molecule has 2 aromatic rings. The molecule has 2 aliphatic carbocycles. The second kappa shape index (κ2) is 11.0. The number of pyridine rings is 2. The van der Waals surface area contributed by atoms with Gasteiger partial charge < -0.3 is 20.4 Å². The fraction of sp³-hybridized carbons (Fsp3) is 0.538. The van der Waals surface area contributed by atoms with E-state index < -0.39 is 35.3 Å². The number of aromatic carboxylic acids is 2. The summed E-state index contributed by atoms with van der Waals surface area (Å²) in [4.78, 5) is 29.6. The third kappa shape index (κ3) is 6.97. The number of aromatic nitrogens is 2. The molecule has 2 aromatic heterocycles. The first kappa shape index (κ1) is 26.8. The first-order valence-electron chi connectivity index (χ1n) is 12.5. The summed E-state index contributed by atoms with van der Waals surface area (Å²) in [5.74, 6) is -5.20. The van der Waals surface area contributed by atoms with Crippen molar-refractivity contribution < 1.29 is 33.0 Å². The number of rotatable bonds is 3. The lowest BCUT2D eigenvalue weighted by molar-refractivity contribution is 0.0682. The van der Waals surface area contributed by atoms with Crippen molar-refractivity contribution in [3.8, 4) is 0 Å². The van der Waals surface area contributed by atoms with Gasteiger partial charge in [-0.15, -0.1) is 0 Å². The number of nitrogens with zero attached hydrogens (tertiary/aromatic N) is 3. The van der Waals surface area contributed by atoms with E-state index in [0.29, 0.717) is 5.41 Å². The van der Waals surface area contributed by atoms with Crippen LogP contribution in [0.15, 0.2) is 24.3 Å². The number of nitrogens with one attached hydrogen (secondary N) is 1. The molecule has 200 valence electrons. The van der Waals surface area contributed by atoms with Gasteiger partial charge in [-0.25, -0.2) is 14.6 Å². The predicted octanol–water partition coefficient (Wildman–Crippen LogP) is 4.51. The number of piperidine rings is 2. The maximum Gasteiger partial charge on any atom is 0.340 e. The Morgan fingerprint density at radius 2 is 1.22 bits per heavy atom. The molecule has 3 N–H and O–H groups in total. The Labute approximate surface area is 212 Å². The minimum absolute atomic E-state index is 0.0862. The quantitative estimate of drug-likeness (QED) is 0.507. The second-order valence-electron chi connectivity index (χ2n) is 10.3. The fourth-order valence-corrected chi connectivity index (χ4v) is 4.91. The molecule has 8 nitrogen and oxygen atoms in total. The molecule has 2 saturated carbocycles. The average molecular weight is 521 g/mol. The zero-order chi connectivity index (χ0) is 26.6. The Morgan fingerprint density at radius 1 is 0.730 bits per heavy atom. The maximum atomic E-state index is 13.2. The lowest BCUT2D eigenvalue weighted by atomic mass is 9.93. The van der Waals surface area contributed by atoms with E-state index in [2.05, 4.69) is 15.3 Å². The smallest absolute Gasteiger partial charge is 0.340 e. The molecule has 0 aromatic carbocycles. The van der Waals surface area contributed by atoms with Crippen molar-refractivity contribution in [2.45, 2.75) is 51.4 Å². The van der Waals surface area contributed by atoms with Gasteiger partial charge in [0.2, 0.25) is 17.8 Å². The van der Waals surface area contributed by atoms with E-state index >= 15 is 0 Å². The van der Waals surface area contributed by atoms with E-state index in [0.717, 1.165) is 49.5 Å². The average Bonchev–Trinajstić information content (AvgIpc) is 3.80. The molecule has 6 rings (SSSR count). The minimum Gasteiger partial charge on any atom is -0.478 e. The van der Waals surface area contributed by atoms with Gasteiger partial charge in [-0.05, 0) is 99.6 Å². The van der Waals surface area contributed by atoms with Crippen LogP contribution in [0.2, 0.25) is 0 Å². The van der Waals surface area contributed by atoms with Crippen molar-refractivity contribution in [1.29, 1.82) is 0 Å². The van der Waals surface area contributed by atoms with Crippen LogP contribution in [0, 0.1) is 28.7 Å². The summed E-state index contributed by atoms with van der Waals surface area (Å²) in [5.41, 5.74) is 0.827. The molecule has 37 heavy (non-hydrogen) atoms. The molecular formula is C26H31F3N4O4. The van der Waals surface area contributed by atoms with E-state index in [4.69, 9.17) is 10.2 Å². The summed E-state index contributed by atoms with van der Waals surface area (Å²) in [6, 6.07) is 3.99. The molecule has 4 aliphatic rings. The van der Waals surface area contributed by atoms with E-state index in [9.17, 15) is 22.8 Å². The van der Waals surface area contributed by atoms with Gasteiger partial charge in [-0.2, -0.15) is 18.2 Å². The Bertz CT molecular complexity index is 1140. The third-order valence-electron chi connectivity index (χ3n) is 7.82. The van der Waals surface area contributed by atoms with Gasteiger partial charge >= 0.3 is 11.9 Å². The van der Waals surface area contributed by atoms with Gasteiger partial charge in [0.05, 0.1) is 0 Å². The Morgan fingerprint density at radius 3 is 1.68 bits per heavy atom. The minimum atomic E-state index is -1.46. The van der Waals surface area contributed by atoms with Gasteiger partial charge in [0.25, 0.3) is 0 Å². The lowest BCUT2D eigenvalue weighted by Crippen LogP contribution is -2.36. The van der Waals surface area contributed by atoms with Crippen molar-refractivity contribution in [2.75, 3.05) is 31.1 Å². The van der Waals surface area contributed by atoms with Gasteiger partial charge in [0, 0.05) is 13.1 Å². The van der Waals surface area contributed by atoms with Gasteiger partial charge in [-0.3, -0.25) is 0 Å². The van der Waals surface area contributed by atoms with Crippen LogP contribution in [0.3, 0.4) is 0 Å². The van der Waals surface area contributed by atoms with Crippen molar-refractivity contribution in [1.82, 2.24) is 15.3 Å². The zero-order valence-corrected chi connectivity index (χ0v) is 20.5. The fourth-order valence-electron chi connectivity index (χ4n) is 4.91. The van der Waals surface area contributed by atoms with Crippen LogP contribution in [0.4, 0.5) is 19.0 Å². The number of hydrogen-bond acceptors (Lipinski definition) is 6. The molecule has 0 bridgehead atoms. The molecule has 2 saturated heterocycles. The second-order valence-corrected chi connectivity index (χ2v) is 10.3. The molecule has 0 radical (unpaired) electrons. The molecule has 0 amide bonds. The summed E-state index contributed by atoms with van der Waals surface area (Å²) in [5, 5.41) is 20.7. The molecular weight excluding hydrogens is 489 g/mol. The predicted molar refractivity (Wildman–Crippen MR) is 129 cm³/mol. The lowest BCUT2D eigenvalue weighted by Gasteiger charge is -2.33. The summed E-state index contributed by atoms with van der Waals surface area (Å²) < 4.78 is 37.6. The van der Waals surface area contributed by atoms with E-state index in [1.54, 1.807) is 0 Å². The number of halogens is 3. The summed E-state index contributed by atoms with van der Waals surface area (Å²) in [6.07, 6.45) is 10.6. The number of carboxylic acid groups (broad SMARTS) is 2. The number of carbonyl (C=O) groups is 2. The molecule has 11 heteroatoms. The Hall–Kier alpha value is -3.21. The highest BCUT2D eigenvalue weighted by Gasteiger charge is 2.45. The van der Waals surface area contributed by atoms with Crippen molar-refractivity contribution in [3.63, 3.8) is 0 Å². The van der Waals surface area contributed by atoms with Crippen molar-refractivity contribution >= 4 is 17.8 Å². The zero-order valence-electron chi connectivity index (χ0n) is 20.5. The van der Waals surface area contributed by atoms with Gasteiger partial charge in [-0.1, -0.05) is 0 Å². The number of anilines is 1. The highest BCUT2D eigenvalue weighted by Crippen LogP contribution is 2.54. The number of hydrogen-bond donors (Lipinski definition) is 3. The van der Waals surface area contributed by atoms with E-state index in [-0.39, 0.29) is 11.4 Å². The SMILES string of the molecule is C1CC2(CCN1)CC2.O=C(O)c1ccc(F)nc1F.O=C(O)c1ccc(F)nc1N1CCC2(CC1)CC2. The summed E-state index contributed by atoms with van der Waals surface area (Å²) in [7, 11) is 0. The maximum absolute atomic E-state index is 13.2. The molecule has 4 heterocycles. The molecule has 2 spiro atoms. The molecule has 2 aliphatic heterocycles. The van der Waals surface area contributed by atoms with Gasteiger partial charge in [0.15, 0.2) is 0 Å². The van der Waals surface area contributed by atoms with Crippen LogP contribution < -0.4 is 10.2 Å². The third-order valence-corrected chi connectivity index (χ3v) is 7.82. The highest BCUT2D eigenvalue weighted by molar-refractivity contribution is 5.93. The van der Waals surface area contributed by atoms with E-state index in [1.165, 1.54) is 57.7 Å². The Balaban J connectivity index is 0.000000143. The van der Waals surface area contributed by atoms with Crippen LogP contribution in [0.25, 0.3) is 0 Å². The van der Waals surface area contributed by atoms with Crippen LogP contribution in [-0.4, -0.2) is 58.3 Å². The van der Waals surface area contributed by atoms with Crippen molar-refractivity contribution in [3.05, 3.63) is 53.2 Å². The van der Waals surface area contributed by atoms with Crippen LogP contribution in [0.1, 0.15) is 72.1 Å². The van der Waals surface area contributed by atoms with Crippen LogP contribution >= 0.6 is 0 Å². The summed E-state index contributed by atoms with van der Waals surface area (Å²) in [6.45, 7) is 4.10. The topological polar surface area (TPSA) is 116 Å². The monoisotopic (exact) mass is 520 g/mol. The van der Waals surface area contributed by atoms with E-state index in [1.807, 2.05) is 4.90 Å². The standard InChI is InChI=1S/C13H15FN2O2.C7H13N.C6H3F2NO2/c14-10-2-1-9(12(17)18)11(15-10)16-7-5-13(3-4-13)6-8-16;1-2-7(1)3-5-8-6-4-7;7-4-2-1-3(6(10)11)5(8)9-4/h1-2H,3-8H2,(H,17,18);8H,1-6H2;1-2H,(H,10,11). The first-order valence-corrected chi connectivity index (χ1v) is 12.5. The molecule has 0 atom stereocenters. The molecule has 0 unspecified atom stereocenters. The largest absolute Gasteiger partial charge is 0.478 e. The molecule has 4 fully saturated rings. The normalized spacial score (nSPS) is 20.2. The number of carboxylic acids is 2. The van der Waals surface area contributed by atoms with Crippen LogP contribution in [0.5, 0.6) is 0 Å². The van der Waals surface area contributed by atoms with Crippen molar-refractivity contribution in [2.24, 2.45) is 10.8 Å². The van der Waals surface area contributed by atoms with Gasteiger partial charge in [0.1, 0.15) is 16.9 Å². The van der Waals surface area contributed by atoms with Crippen LogP contribution in [-0.2, 0) is 0 Å². The summed E-state index contributed by atoms with van der Waals surface area (Å²) >= 11 is 0. The highest BCUT2D eigenvalue weighted by atomic mass is 19.1. The first-order chi connectivity index (χ1) is 17.6. The Kier molecular flexibility index (Phi) is 8.01.